The van der Waals surface area contributed by atoms with Gasteiger partial charge >= 0.3 is 5.97 Å². The Bertz CT molecular complexity index is 398. The molecular formula is C11H13F2NO3. The zero-order valence-electron chi connectivity index (χ0n) is 9.28. The van der Waals surface area contributed by atoms with Gasteiger partial charge in [-0.2, -0.15) is 4.39 Å². The Morgan fingerprint density at radius 2 is 2.18 bits per heavy atom. The van der Waals surface area contributed by atoms with Crippen molar-refractivity contribution in [1.29, 1.82) is 0 Å². The molecule has 1 rings (SSSR count). The molecule has 94 valence electrons. The van der Waals surface area contributed by atoms with E-state index >= 15 is 0 Å². The molecular weight excluding hydrogens is 232 g/mol. The van der Waals surface area contributed by atoms with Crippen LogP contribution in [0.2, 0.25) is 0 Å². The third kappa shape index (κ3) is 3.67. The molecule has 0 saturated carbocycles. The van der Waals surface area contributed by atoms with Gasteiger partial charge in [-0.1, -0.05) is 6.07 Å². The van der Waals surface area contributed by atoms with Gasteiger partial charge in [0.05, 0.1) is 6.61 Å². The van der Waals surface area contributed by atoms with Crippen LogP contribution in [0.15, 0.2) is 18.2 Å². The fraction of sp³-hybridized carbons (Fsp3) is 0.364. The fourth-order valence-electron chi connectivity index (χ4n) is 1.09. The Morgan fingerprint density at radius 1 is 1.47 bits per heavy atom. The first kappa shape index (κ1) is 13.4. The summed E-state index contributed by atoms with van der Waals surface area (Å²) in [5.41, 5.74) is 5.42. The minimum Gasteiger partial charge on any atom is -0.488 e. The van der Waals surface area contributed by atoms with E-state index in [0.29, 0.717) is 0 Å². The molecule has 4 nitrogen and oxygen atoms in total. The normalized spacial score (nSPS) is 12.0. The quantitative estimate of drug-likeness (QED) is 0.793. The lowest BCUT2D eigenvalue weighted by atomic mass is 10.3. The van der Waals surface area contributed by atoms with Crippen molar-refractivity contribution in [1.82, 2.24) is 0 Å². The van der Waals surface area contributed by atoms with E-state index in [1.807, 2.05) is 0 Å². The number of hydrogen-bond acceptors (Lipinski definition) is 4. The summed E-state index contributed by atoms with van der Waals surface area (Å²) in [7, 11) is 0. The molecule has 0 heterocycles. The fourth-order valence-corrected chi connectivity index (χ4v) is 1.09. The average Bonchev–Trinajstić information content (AvgIpc) is 2.31. The van der Waals surface area contributed by atoms with Gasteiger partial charge in [-0.05, 0) is 19.1 Å². The zero-order valence-corrected chi connectivity index (χ0v) is 9.28. The number of ether oxygens (including phenoxy) is 2. The maximum atomic E-state index is 13.1. The lowest BCUT2D eigenvalue weighted by molar-refractivity contribution is -0.145. The first-order chi connectivity index (χ1) is 8.06. The van der Waals surface area contributed by atoms with Gasteiger partial charge in [-0.15, -0.1) is 0 Å². The number of carbonyl (C=O) groups is 1. The van der Waals surface area contributed by atoms with Crippen molar-refractivity contribution in [3.05, 3.63) is 29.8 Å². The minimum absolute atomic E-state index is 0.195. The predicted octanol–water partition coefficient (Wildman–Crippen LogP) is 1.23. The lowest BCUT2D eigenvalue weighted by Crippen LogP contribution is -2.37. The third-order valence-electron chi connectivity index (χ3n) is 1.92. The molecule has 6 heteroatoms. The van der Waals surface area contributed by atoms with E-state index in [0.717, 1.165) is 6.07 Å². The van der Waals surface area contributed by atoms with Crippen LogP contribution in [0, 0.1) is 11.6 Å². The molecule has 1 aromatic rings. The van der Waals surface area contributed by atoms with Gasteiger partial charge in [0.15, 0.2) is 11.6 Å². The van der Waals surface area contributed by atoms with E-state index in [-0.39, 0.29) is 19.0 Å². The molecule has 0 amide bonds. The highest BCUT2D eigenvalue weighted by Gasteiger charge is 2.17. The van der Waals surface area contributed by atoms with Crippen LogP contribution in [0.1, 0.15) is 6.92 Å². The zero-order chi connectivity index (χ0) is 12.8. The monoisotopic (exact) mass is 245 g/mol. The maximum absolute atomic E-state index is 13.1. The van der Waals surface area contributed by atoms with Crippen LogP contribution >= 0.6 is 0 Å². The van der Waals surface area contributed by atoms with Crippen LogP contribution in [-0.4, -0.2) is 25.2 Å². The van der Waals surface area contributed by atoms with E-state index in [1.54, 1.807) is 6.92 Å². The number of benzene rings is 1. The van der Waals surface area contributed by atoms with E-state index < -0.39 is 23.6 Å². The number of hydrogen-bond donors (Lipinski definition) is 1. The topological polar surface area (TPSA) is 61.5 Å². The Labute approximate surface area is 97.3 Å². The van der Waals surface area contributed by atoms with E-state index in [2.05, 4.69) is 4.74 Å². The van der Waals surface area contributed by atoms with Crippen LogP contribution < -0.4 is 10.5 Å². The van der Waals surface area contributed by atoms with E-state index in [4.69, 9.17) is 10.5 Å². The number of rotatable bonds is 5. The molecule has 0 fully saturated rings. The van der Waals surface area contributed by atoms with Gasteiger partial charge in [0, 0.05) is 0 Å². The van der Waals surface area contributed by atoms with Crippen molar-refractivity contribution in [2.45, 2.75) is 13.0 Å². The summed E-state index contributed by atoms with van der Waals surface area (Å²) < 4.78 is 35.5. The Kier molecular flexibility index (Phi) is 4.84. The molecule has 0 spiro atoms. The molecule has 1 atom stereocenters. The molecule has 1 aromatic carbocycles. The van der Waals surface area contributed by atoms with Crippen LogP contribution in [0.25, 0.3) is 0 Å². The molecule has 17 heavy (non-hydrogen) atoms. The van der Waals surface area contributed by atoms with Gasteiger partial charge in [-0.25, -0.2) is 4.39 Å². The molecule has 1 unspecified atom stereocenters. The minimum atomic E-state index is -1.11. The first-order valence-corrected chi connectivity index (χ1v) is 5.05. The van der Waals surface area contributed by atoms with Crippen molar-refractivity contribution < 1.29 is 23.0 Å². The summed E-state index contributed by atoms with van der Waals surface area (Å²) in [6.45, 7) is 1.55. The Balaban J connectivity index is 2.56. The van der Waals surface area contributed by atoms with Crippen molar-refractivity contribution in [3.8, 4) is 5.75 Å². The summed E-state index contributed by atoms with van der Waals surface area (Å²) >= 11 is 0. The highest BCUT2D eigenvalue weighted by molar-refractivity contribution is 5.75. The van der Waals surface area contributed by atoms with E-state index in [9.17, 15) is 13.6 Å². The van der Waals surface area contributed by atoms with Crippen molar-refractivity contribution in [2.75, 3.05) is 13.2 Å². The van der Waals surface area contributed by atoms with Crippen molar-refractivity contribution in [2.24, 2.45) is 5.73 Å². The smallest absolute Gasteiger partial charge is 0.326 e. The predicted molar refractivity (Wildman–Crippen MR) is 56.5 cm³/mol. The van der Waals surface area contributed by atoms with Crippen molar-refractivity contribution in [3.63, 3.8) is 0 Å². The molecule has 0 bridgehead atoms. The third-order valence-corrected chi connectivity index (χ3v) is 1.92. The molecule has 0 radical (unpaired) electrons. The summed E-state index contributed by atoms with van der Waals surface area (Å²) in [6, 6.07) is 2.48. The Morgan fingerprint density at radius 3 is 2.82 bits per heavy atom. The second kappa shape index (κ2) is 6.15. The van der Waals surface area contributed by atoms with Crippen LogP contribution in [0.3, 0.4) is 0 Å². The molecule has 0 saturated heterocycles. The molecule has 2 N–H and O–H groups in total. The second-order valence-corrected chi connectivity index (χ2v) is 3.22. The van der Waals surface area contributed by atoms with Crippen LogP contribution in [-0.2, 0) is 9.53 Å². The van der Waals surface area contributed by atoms with Crippen LogP contribution in [0.4, 0.5) is 8.78 Å². The molecule has 0 aliphatic rings. The second-order valence-electron chi connectivity index (χ2n) is 3.22. The standard InChI is InChI=1S/C11H13F2NO3/c1-2-16-11(15)8(14)6-17-9-5-3-4-7(12)10(9)13/h3-5,8H,2,6,14H2,1H3. The van der Waals surface area contributed by atoms with E-state index in [1.165, 1.54) is 12.1 Å². The summed E-state index contributed by atoms with van der Waals surface area (Å²) in [5.74, 6) is -3.06. The van der Waals surface area contributed by atoms with Gasteiger partial charge in [0.1, 0.15) is 12.6 Å². The van der Waals surface area contributed by atoms with Gasteiger partial charge in [0.25, 0.3) is 0 Å². The first-order valence-electron chi connectivity index (χ1n) is 5.05. The molecule has 0 aliphatic carbocycles. The average molecular weight is 245 g/mol. The molecule has 0 aliphatic heterocycles. The SMILES string of the molecule is CCOC(=O)C(N)COc1cccc(F)c1F. The number of esters is 1. The largest absolute Gasteiger partial charge is 0.488 e. The highest BCUT2D eigenvalue weighted by Crippen LogP contribution is 2.19. The molecule has 0 aromatic heterocycles. The number of halogens is 2. The number of carbonyl (C=O) groups excluding carboxylic acids is 1. The Hall–Kier alpha value is -1.69. The highest BCUT2D eigenvalue weighted by atomic mass is 19.2. The van der Waals surface area contributed by atoms with Gasteiger partial charge in [0.2, 0.25) is 5.82 Å². The lowest BCUT2D eigenvalue weighted by Gasteiger charge is -2.12. The summed E-state index contributed by atoms with van der Waals surface area (Å²) in [6.07, 6.45) is 0. The van der Waals surface area contributed by atoms with Gasteiger partial charge < -0.3 is 15.2 Å². The van der Waals surface area contributed by atoms with Crippen molar-refractivity contribution >= 4 is 5.97 Å². The van der Waals surface area contributed by atoms with Gasteiger partial charge in [-0.3, -0.25) is 4.79 Å². The maximum Gasteiger partial charge on any atom is 0.326 e. The summed E-state index contributed by atoms with van der Waals surface area (Å²) in [5, 5.41) is 0. The number of nitrogens with two attached hydrogens (primary N) is 1. The summed E-state index contributed by atoms with van der Waals surface area (Å²) in [4.78, 5) is 11.1. The van der Waals surface area contributed by atoms with Crippen LogP contribution in [0.5, 0.6) is 5.75 Å².